The van der Waals surface area contributed by atoms with Crippen molar-refractivity contribution in [2.75, 3.05) is 13.8 Å². The smallest absolute Gasteiger partial charge is 0.444 e. The standard InChI is InChI=1S/C38H51N6O9PS2/c1-25(2)34(35(39)45)44(38(47)43(5)20-29-22-55-36(41-29)26(3)4)30(16-27-12-8-6-9-13-27)18-33(52-24-53-54(48,49)50)32(17-28-14-10-7-11-15-28)42-37(46)51-21-31-19-40-23-56-31/h6-15,19,22-23,25-26,30,32-34H,16-18,20-21,24H2,1-5H3,(H2,39,45)(H,42,46)(H2,48,49,50)/t30-,32-,33-,34-/m0/s1. The van der Waals surface area contributed by atoms with Gasteiger partial charge >= 0.3 is 19.9 Å². The highest BCUT2D eigenvalue weighted by Crippen LogP contribution is 2.36. The molecule has 0 bridgehead atoms. The molecule has 2 heterocycles. The number of hydrogen-bond donors (Lipinski definition) is 4. The minimum absolute atomic E-state index is 0.0427. The van der Waals surface area contributed by atoms with Crippen LogP contribution >= 0.6 is 30.5 Å². The number of phosphoric acid groups is 1. The SMILES string of the molecule is CC(C)c1nc(CN(C)C(=O)N([C@@H](Cc2ccccc2)C[C@H](OCOP(=O)(O)O)[C@H](Cc2ccccc2)NC(=O)OCc2cncs2)[C@H](C(N)=O)C(C)C)cs1. The van der Waals surface area contributed by atoms with Crippen molar-refractivity contribution >= 4 is 48.5 Å². The van der Waals surface area contributed by atoms with E-state index in [9.17, 15) is 28.7 Å². The minimum atomic E-state index is -4.98. The van der Waals surface area contributed by atoms with E-state index in [1.807, 2.05) is 79.9 Å². The third kappa shape index (κ3) is 14.1. The van der Waals surface area contributed by atoms with Crippen LogP contribution in [0.15, 0.2) is 77.8 Å². The van der Waals surface area contributed by atoms with E-state index in [0.717, 1.165) is 16.1 Å². The molecule has 56 heavy (non-hydrogen) atoms. The highest BCUT2D eigenvalue weighted by molar-refractivity contribution is 7.46. The number of nitrogens with one attached hydrogen (secondary N) is 1. The van der Waals surface area contributed by atoms with Gasteiger partial charge in [0.15, 0.2) is 6.79 Å². The maximum Gasteiger partial charge on any atom is 0.471 e. The fourth-order valence-corrected chi connectivity index (χ4v) is 7.76. The average Bonchev–Trinajstić information content (AvgIpc) is 3.85. The zero-order valence-corrected chi connectivity index (χ0v) is 34.6. The van der Waals surface area contributed by atoms with Gasteiger partial charge in [0.2, 0.25) is 5.91 Å². The quantitative estimate of drug-likeness (QED) is 0.0559. The zero-order valence-electron chi connectivity index (χ0n) is 32.1. The number of amides is 4. The van der Waals surface area contributed by atoms with Crippen LogP contribution in [0.25, 0.3) is 0 Å². The molecule has 0 spiro atoms. The van der Waals surface area contributed by atoms with E-state index >= 15 is 0 Å². The van der Waals surface area contributed by atoms with Crippen molar-refractivity contribution in [2.24, 2.45) is 11.7 Å². The Morgan fingerprint density at radius 1 is 0.964 bits per heavy atom. The molecular formula is C38H51N6O9PS2. The van der Waals surface area contributed by atoms with Crippen LogP contribution in [0.2, 0.25) is 0 Å². The number of carbonyl (C=O) groups is 3. The Kier molecular flexibility index (Phi) is 17.0. The first-order valence-corrected chi connectivity index (χ1v) is 21.4. The highest BCUT2D eigenvalue weighted by Gasteiger charge is 2.40. The molecule has 304 valence electrons. The summed E-state index contributed by atoms with van der Waals surface area (Å²) >= 11 is 2.82. The molecule has 2 aromatic heterocycles. The van der Waals surface area contributed by atoms with Crippen molar-refractivity contribution in [1.29, 1.82) is 0 Å². The van der Waals surface area contributed by atoms with Crippen LogP contribution in [0, 0.1) is 5.92 Å². The number of benzene rings is 2. The predicted octanol–water partition coefficient (Wildman–Crippen LogP) is 6.08. The topological polar surface area (TPSA) is 207 Å². The van der Waals surface area contributed by atoms with E-state index in [2.05, 4.69) is 10.3 Å². The molecule has 0 aliphatic carbocycles. The number of urea groups is 1. The Morgan fingerprint density at radius 2 is 1.61 bits per heavy atom. The number of hydrogen-bond acceptors (Lipinski definition) is 11. The van der Waals surface area contributed by atoms with Gasteiger partial charge in [-0.05, 0) is 36.3 Å². The van der Waals surface area contributed by atoms with E-state index in [1.54, 1.807) is 32.6 Å². The van der Waals surface area contributed by atoms with E-state index in [0.29, 0.717) is 10.6 Å². The number of carbonyl (C=O) groups excluding carboxylic acids is 3. The third-order valence-electron chi connectivity index (χ3n) is 8.83. The van der Waals surface area contributed by atoms with Crippen molar-refractivity contribution in [3.05, 3.63) is 104 Å². The number of nitrogens with two attached hydrogens (primary N) is 1. The normalized spacial score (nSPS) is 13.9. The van der Waals surface area contributed by atoms with Gasteiger partial charge < -0.3 is 40.1 Å². The van der Waals surface area contributed by atoms with Crippen LogP contribution < -0.4 is 11.1 Å². The molecule has 4 atom stereocenters. The molecule has 0 saturated carbocycles. The zero-order chi connectivity index (χ0) is 40.8. The van der Waals surface area contributed by atoms with Gasteiger partial charge in [0.25, 0.3) is 0 Å². The second kappa shape index (κ2) is 21.3. The monoisotopic (exact) mass is 830 g/mol. The summed E-state index contributed by atoms with van der Waals surface area (Å²) in [4.78, 5) is 73.0. The summed E-state index contributed by atoms with van der Waals surface area (Å²) in [5.41, 5.74) is 10.0. The van der Waals surface area contributed by atoms with Gasteiger partial charge in [0.05, 0.1) is 39.8 Å². The molecule has 0 fully saturated rings. The summed E-state index contributed by atoms with van der Waals surface area (Å²) in [6.07, 6.45) is 0.101. The van der Waals surface area contributed by atoms with Crippen molar-refractivity contribution in [3.8, 4) is 0 Å². The van der Waals surface area contributed by atoms with Gasteiger partial charge in [-0.2, -0.15) is 0 Å². The summed E-state index contributed by atoms with van der Waals surface area (Å²) in [5, 5.41) is 5.72. The molecule has 0 unspecified atom stereocenters. The first-order valence-electron chi connectivity index (χ1n) is 18.1. The molecule has 5 N–H and O–H groups in total. The fourth-order valence-electron chi connectivity index (χ4n) is 6.23. The second-order valence-electron chi connectivity index (χ2n) is 14.0. The Labute approximate surface area is 335 Å². The van der Waals surface area contributed by atoms with Gasteiger partial charge in [-0.1, -0.05) is 88.4 Å². The maximum atomic E-state index is 14.8. The van der Waals surface area contributed by atoms with Crippen LogP contribution in [-0.4, -0.2) is 85.7 Å². The van der Waals surface area contributed by atoms with Gasteiger partial charge in [-0.25, -0.2) is 19.1 Å². The predicted molar refractivity (Wildman–Crippen MR) is 214 cm³/mol. The molecule has 0 aliphatic rings. The van der Waals surface area contributed by atoms with E-state index in [4.69, 9.17) is 24.7 Å². The number of thiazole rings is 2. The summed E-state index contributed by atoms with van der Waals surface area (Å²) in [5.74, 6) is -0.939. The third-order valence-corrected chi connectivity index (χ3v) is 11.2. The number of ether oxygens (including phenoxy) is 2. The molecule has 0 saturated heterocycles. The number of nitrogens with zero attached hydrogens (tertiary/aromatic N) is 4. The Balaban J connectivity index is 1.79. The molecular weight excluding hydrogens is 780 g/mol. The van der Waals surface area contributed by atoms with Crippen LogP contribution in [0.3, 0.4) is 0 Å². The van der Waals surface area contributed by atoms with Crippen molar-refractivity contribution in [1.82, 2.24) is 25.1 Å². The lowest BCUT2D eigenvalue weighted by atomic mass is 9.90. The van der Waals surface area contributed by atoms with Gasteiger partial charge in [0, 0.05) is 30.6 Å². The number of alkyl carbamates (subject to hydrolysis) is 1. The van der Waals surface area contributed by atoms with Crippen molar-refractivity contribution in [2.45, 2.75) is 90.3 Å². The average molecular weight is 831 g/mol. The lowest BCUT2D eigenvalue weighted by Gasteiger charge is -2.42. The largest absolute Gasteiger partial charge is 0.471 e. The summed E-state index contributed by atoms with van der Waals surface area (Å²) < 4.78 is 28.2. The minimum Gasteiger partial charge on any atom is -0.444 e. The van der Waals surface area contributed by atoms with Crippen molar-refractivity contribution in [3.63, 3.8) is 0 Å². The van der Waals surface area contributed by atoms with Gasteiger partial charge in [-0.3, -0.25) is 14.3 Å². The summed E-state index contributed by atoms with van der Waals surface area (Å²) in [7, 11) is -3.35. The number of rotatable bonds is 21. The van der Waals surface area contributed by atoms with E-state index in [-0.39, 0.29) is 38.3 Å². The first kappa shape index (κ1) is 44.5. The molecule has 15 nitrogen and oxygen atoms in total. The van der Waals surface area contributed by atoms with Crippen LogP contribution in [0.1, 0.15) is 66.7 Å². The van der Waals surface area contributed by atoms with Gasteiger partial charge in [-0.15, -0.1) is 22.7 Å². The molecule has 4 rings (SSSR count). The lowest BCUT2D eigenvalue weighted by molar-refractivity contribution is -0.125. The number of aromatic nitrogens is 2. The highest BCUT2D eigenvalue weighted by atomic mass is 32.1. The van der Waals surface area contributed by atoms with Crippen LogP contribution in [0.4, 0.5) is 9.59 Å². The molecule has 0 aliphatic heterocycles. The lowest BCUT2D eigenvalue weighted by Crippen LogP contribution is -2.60. The van der Waals surface area contributed by atoms with E-state index in [1.165, 1.54) is 32.5 Å². The Hall–Kier alpha value is -4.22. The molecule has 4 amide bonds. The molecule has 0 radical (unpaired) electrons. The number of primary amides is 1. The molecule has 18 heteroatoms. The van der Waals surface area contributed by atoms with Gasteiger partial charge in [0.1, 0.15) is 12.6 Å². The molecule has 2 aromatic carbocycles. The summed E-state index contributed by atoms with van der Waals surface area (Å²) in [6.45, 7) is 6.93. The van der Waals surface area contributed by atoms with Crippen molar-refractivity contribution < 1.29 is 42.7 Å². The van der Waals surface area contributed by atoms with E-state index < -0.39 is 62.8 Å². The second-order valence-corrected chi connectivity index (χ2v) is 17.1. The van der Waals surface area contributed by atoms with Crippen LogP contribution in [0.5, 0.6) is 0 Å². The fraction of sp³-hybridized carbons (Fsp3) is 0.447. The Morgan fingerprint density at radius 3 is 2.14 bits per heavy atom. The van der Waals surface area contributed by atoms with Crippen LogP contribution in [-0.2, 0) is 49.4 Å². The first-order chi connectivity index (χ1) is 26.6. The number of phosphoric ester groups is 1. The summed E-state index contributed by atoms with van der Waals surface area (Å²) in [6, 6.07) is 15.3. The Bertz CT molecular complexity index is 1860. The molecule has 4 aromatic rings. The maximum absolute atomic E-state index is 14.8.